The van der Waals surface area contributed by atoms with Crippen molar-refractivity contribution in [2.45, 2.75) is 13.3 Å². The quantitative estimate of drug-likeness (QED) is 0.147. The number of allylic oxidation sites excluding steroid dienone is 12. The predicted molar refractivity (Wildman–Crippen MR) is 268 cm³/mol. The Labute approximate surface area is 371 Å². The lowest BCUT2D eigenvalue weighted by Crippen LogP contribution is -2.13. The van der Waals surface area contributed by atoms with Crippen molar-refractivity contribution in [3.8, 4) is 22.3 Å². The van der Waals surface area contributed by atoms with Crippen LogP contribution in [0.15, 0.2) is 212 Å². The molecule has 0 saturated carbocycles. The molecule has 0 saturated heterocycles. The van der Waals surface area contributed by atoms with Gasteiger partial charge in [0.2, 0.25) is 0 Å². The standard InChI is InChI=1S/C64H42/c1-2-3-18-43(33-38-16-6-4-7-17-38)59-56-36-54-46-27-14-23-40-24-15-28-47(58(40)46)55(54)37-57(56)61(45-26-13-12-25-44(45)39-19-8-5-9-20-39)64-51-32-30-49-53-35-42-22-11-10-21-41(42)34-52(53)48-29-31-50(63(59)64)62(51)60(48)49/h2-32,34-37,40,58H,33H2,1H3. The van der Waals surface area contributed by atoms with E-state index in [-0.39, 0.29) is 0 Å². The lowest BCUT2D eigenvalue weighted by molar-refractivity contribution is 0.707. The van der Waals surface area contributed by atoms with Crippen LogP contribution in [0.25, 0.3) is 71.3 Å². The summed E-state index contributed by atoms with van der Waals surface area (Å²) in [6, 6.07) is 59.9. The molecule has 9 aromatic carbocycles. The third kappa shape index (κ3) is 4.94. The fraction of sp³-hybridized carbons (Fsp3) is 0.0625. The maximum absolute atomic E-state index is 2.60. The third-order valence-corrected chi connectivity index (χ3v) is 14.8. The van der Waals surface area contributed by atoms with Crippen LogP contribution in [-0.2, 0) is 6.42 Å². The van der Waals surface area contributed by atoms with E-state index in [1.165, 1.54) is 135 Å². The normalized spacial score (nSPS) is 17.0. The topological polar surface area (TPSA) is 0 Å². The van der Waals surface area contributed by atoms with Gasteiger partial charge in [-0.1, -0.05) is 188 Å². The van der Waals surface area contributed by atoms with Crippen molar-refractivity contribution in [1.82, 2.24) is 0 Å². The Hall–Kier alpha value is -7.80. The van der Waals surface area contributed by atoms with Gasteiger partial charge in [-0.25, -0.2) is 0 Å². The van der Waals surface area contributed by atoms with Crippen molar-refractivity contribution < 1.29 is 0 Å². The van der Waals surface area contributed by atoms with E-state index in [0.717, 1.165) is 6.42 Å². The molecule has 2 atom stereocenters. The first kappa shape index (κ1) is 35.8. The Morgan fingerprint density at radius 1 is 0.500 bits per heavy atom. The van der Waals surface area contributed by atoms with Crippen molar-refractivity contribution in [3.05, 3.63) is 276 Å². The predicted octanol–water partition coefficient (Wildman–Crippen LogP) is 15.6. The van der Waals surface area contributed by atoms with Gasteiger partial charge in [-0.15, -0.1) is 0 Å². The first-order valence-corrected chi connectivity index (χ1v) is 22.8. The maximum Gasteiger partial charge on any atom is 0.0199 e. The first-order chi connectivity index (χ1) is 31.7. The summed E-state index contributed by atoms with van der Waals surface area (Å²) < 4.78 is 0. The van der Waals surface area contributed by atoms with Crippen LogP contribution in [0.4, 0.5) is 0 Å². The van der Waals surface area contributed by atoms with Crippen LogP contribution in [0, 0.1) is 53.6 Å². The lowest BCUT2D eigenvalue weighted by atomic mass is 9.78. The minimum absolute atomic E-state index is 0.339. The van der Waals surface area contributed by atoms with Gasteiger partial charge in [0.25, 0.3) is 0 Å². The van der Waals surface area contributed by atoms with E-state index in [4.69, 9.17) is 0 Å². The van der Waals surface area contributed by atoms with Crippen LogP contribution >= 0.6 is 0 Å². The molecule has 0 heterocycles. The minimum Gasteiger partial charge on any atom is -0.0877 e. The highest BCUT2D eigenvalue weighted by molar-refractivity contribution is 6.12. The van der Waals surface area contributed by atoms with Gasteiger partial charge in [0, 0.05) is 11.8 Å². The summed E-state index contributed by atoms with van der Waals surface area (Å²) in [7, 11) is 0. The van der Waals surface area contributed by atoms with E-state index in [1.807, 2.05) is 0 Å². The van der Waals surface area contributed by atoms with Gasteiger partial charge < -0.3 is 0 Å². The summed E-state index contributed by atoms with van der Waals surface area (Å²) >= 11 is 0. The smallest absolute Gasteiger partial charge is 0.0199 e. The zero-order valence-corrected chi connectivity index (χ0v) is 35.6. The number of hydrogen-bond acceptors (Lipinski definition) is 0. The summed E-state index contributed by atoms with van der Waals surface area (Å²) in [4.78, 5) is 0. The molecule has 14 rings (SSSR count). The maximum atomic E-state index is 2.60. The third-order valence-electron chi connectivity index (χ3n) is 14.8. The highest BCUT2D eigenvalue weighted by Crippen LogP contribution is 2.55. The summed E-state index contributed by atoms with van der Waals surface area (Å²) in [5.74, 6) is 0.705. The van der Waals surface area contributed by atoms with Gasteiger partial charge in [0.15, 0.2) is 0 Å². The first-order valence-electron chi connectivity index (χ1n) is 22.8. The van der Waals surface area contributed by atoms with Crippen LogP contribution in [0.5, 0.6) is 0 Å². The van der Waals surface area contributed by atoms with Gasteiger partial charge >= 0.3 is 0 Å². The molecule has 0 N–H and O–H groups in total. The largest absolute Gasteiger partial charge is 0.0877 e. The van der Waals surface area contributed by atoms with Crippen molar-refractivity contribution in [1.29, 1.82) is 0 Å². The van der Waals surface area contributed by atoms with Gasteiger partial charge in [0.1, 0.15) is 0 Å². The zero-order chi connectivity index (χ0) is 42.0. The molecule has 64 heavy (non-hydrogen) atoms. The second-order valence-corrected chi connectivity index (χ2v) is 18.1. The van der Waals surface area contributed by atoms with Crippen LogP contribution in [0.2, 0.25) is 0 Å². The molecule has 9 aromatic rings. The molecule has 5 aliphatic rings. The second-order valence-electron chi connectivity index (χ2n) is 18.1. The van der Waals surface area contributed by atoms with Crippen LogP contribution in [-0.4, -0.2) is 0 Å². The molecule has 2 unspecified atom stereocenters. The van der Waals surface area contributed by atoms with Gasteiger partial charge in [0.05, 0.1) is 0 Å². The Balaban J connectivity index is 1.25. The monoisotopic (exact) mass is 810 g/mol. The highest BCUT2D eigenvalue weighted by Gasteiger charge is 2.38. The van der Waals surface area contributed by atoms with Crippen LogP contribution in [0.1, 0.15) is 29.2 Å². The Morgan fingerprint density at radius 2 is 1.06 bits per heavy atom. The molecule has 0 spiro atoms. The average Bonchev–Trinajstić information content (AvgIpc) is 3.97. The van der Waals surface area contributed by atoms with E-state index in [2.05, 4.69) is 219 Å². The van der Waals surface area contributed by atoms with E-state index in [1.54, 1.807) is 0 Å². The van der Waals surface area contributed by atoms with Crippen molar-refractivity contribution in [2.75, 3.05) is 0 Å². The molecule has 0 bridgehead atoms. The second kappa shape index (κ2) is 13.6. The molecule has 298 valence electrons. The van der Waals surface area contributed by atoms with E-state index in [9.17, 15) is 0 Å². The molecule has 0 nitrogen and oxygen atoms in total. The van der Waals surface area contributed by atoms with Crippen LogP contribution in [0.3, 0.4) is 0 Å². The van der Waals surface area contributed by atoms with Crippen LogP contribution < -0.4 is 0 Å². The number of rotatable bonds is 6. The van der Waals surface area contributed by atoms with E-state index >= 15 is 0 Å². The molecule has 0 fully saturated rings. The molecular formula is C64H42. The van der Waals surface area contributed by atoms with Gasteiger partial charge in [-0.3, -0.25) is 0 Å². The molecule has 0 heteroatoms. The number of benzene rings is 9. The molecule has 0 aliphatic heterocycles. The fourth-order valence-electron chi connectivity index (χ4n) is 12.2. The summed E-state index contributed by atoms with van der Waals surface area (Å²) in [6.07, 6.45) is 21.8. The Kier molecular flexibility index (Phi) is 7.60. The molecule has 0 amide bonds. The summed E-state index contributed by atoms with van der Waals surface area (Å²) in [5, 5.41) is 18.6. The van der Waals surface area contributed by atoms with Gasteiger partial charge in [-0.2, -0.15) is 0 Å². The van der Waals surface area contributed by atoms with Gasteiger partial charge in [-0.05, 0) is 173 Å². The van der Waals surface area contributed by atoms with Crippen molar-refractivity contribution in [2.24, 2.45) is 11.8 Å². The van der Waals surface area contributed by atoms with Crippen molar-refractivity contribution >= 4 is 49.0 Å². The molecule has 0 radical (unpaired) electrons. The van der Waals surface area contributed by atoms with E-state index in [0.29, 0.717) is 11.8 Å². The zero-order valence-electron chi connectivity index (χ0n) is 35.6. The summed E-state index contributed by atoms with van der Waals surface area (Å²) in [6.45, 7) is 2.13. The van der Waals surface area contributed by atoms with E-state index < -0.39 is 0 Å². The minimum atomic E-state index is 0.339. The SMILES string of the molecule is CC=CC=C(Cc1ccccc1)c1c2c(c(-c3ccccc3-c3ccccc3)c3cc4c(cc13)C1=CC=CC3C=CC=C4C13)=c1ccc3c4c(ccc=2c14)=c1cc2ccccc2cc1=3. The highest BCUT2D eigenvalue weighted by atomic mass is 14.4. The molecule has 5 aliphatic carbocycles. The average molecular weight is 811 g/mol. The summed E-state index contributed by atoms with van der Waals surface area (Å²) in [5.41, 5.74) is 14.7. The Morgan fingerprint density at radius 3 is 1.73 bits per heavy atom. The Bertz CT molecular complexity index is 4140. The fourth-order valence-corrected chi connectivity index (χ4v) is 12.2. The molecular weight excluding hydrogens is 769 g/mol. The number of fused-ring (bicyclic) bond motifs is 7. The number of hydrogen-bond donors (Lipinski definition) is 0. The lowest BCUT2D eigenvalue weighted by Gasteiger charge is -2.25. The van der Waals surface area contributed by atoms with Crippen molar-refractivity contribution in [3.63, 3.8) is 0 Å². The molecule has 0 aromatic heterocycles.